The Balaban J connectivity index is 1.89. The maximum Gasteiger partial charge on any atom is 0.262 e. The third-order valence-electron chi connectivity index (χ3n) is 4.30. The van der Waals surface area contributed by atoms with Crippen molar-refractivity contribution in [1.29, 1.82) is 0 Å². The Bertz CT molecular complexity index is 935. The average Bonchev–Trinajstić information content (AvgIpc) is 3.08. The summed E-state index contributed by atoms with van der Waals surface area (Å²) in [5.41, 5.74) is 2.28. The van der Waals surface area contributed by atoms with Gasteiger partial charge in [0.1, 0.15) is 11.9 Å². The van der Waals surface area contributed by atoms with Crippen LogP contribution < -0.4 is 15.0 Å². The van der Waals surface area contributed by atoms with E-state index < -0.39 is 0 Å². The predicted molar refractivity (Wildman–Crippen MR) is 102 cm³/mol. The number of ether oxygens (including phenoxy) is 1. The summed E-state index contributed by atoms with van der Waals surface area (Å²) < 4.78 is 5.51. The minimum absolute atomic E-state index is 0.0325. The van der Waals surface area contributed by atoms with Crippen LogP contribution in [0.4, 0.5) is 11.4 Å². The van der Waals surface area contributed by atoms with Crippen molar-refractivity contribution < 1.29 is 9.53 Å². The van der Waals surface area contributed by atoms with Crippen LogP contribution in [0.25, 0.3) is 0 Å². The number of para-hydroxylation sites is 3. The molecular formula is C20H18N2O2S. The van der Waals surface area contributed by atoms with E-state index in [1.807, 2.05) is 48.5 Å². The fourth-order valence-corrected chi connectivity index (χ4v) is 4.05. The number of benzene rings is 2. The summed E-state index contributed by atoms with van der Waals surface area (Å²) in [6, 6.07) is 19.4. The number of hydrogen-bond donors (Lipinski definition) is 1. The molecule has 0 unspecified atom stereocenters. The summed E-state index contributed by atoms with van der Waals surface area (Å²) in [5.74, 6) is 0.644. The van der Waals surface area contributed by atoms with Gasteiger partial charge < -0.3 is 10.1 Å². The molecule has 1 aliphatic rings. The van der Waals surface area contributed by atoms with Gasteiger partial charge in [-0.25, -0.2) is 0 Å². The summed E-state index contributed by atoms with van der Waals surface area (Å²) in [4.78, 5) is 17.4. The second-order valence-corrected chi connectivity index (χ2v) is 7.21. The highest BCUT2D eigenvalue weighted by Crippen LogP contribution is 2.41. The van der Waals surface area contributed by atoms with Gasteiger partial charge in [0.15, 0.2) is 0 Å². The molecule has 0 radical (unpaired) electrons. The monoisotopic (exact) mass is 350 g/mol. The number of amides is 1. The first kappa shape index (κ1) is 15.7. The Kier molecular flexibility index (Phi) is 3.93. The van der Waals surface area contributed by atoms with Gasteiger partial charge >= 0.3 is 0 Å². The molecule has 1 atom stereocenters. The van der Waals surface area contributed by atoms with E-state index in [-0.39, 0.29) is 12.1 Å². The van der Waals surface area contributed by atoms with Crippen LogP contribution in [-0.4, -0.2) is 13.0 Å². The first-order valence-corrected chi connectivity index (χ1v) is 8.89. The van der Waals surface area contributed by atoms with Crippen LogP contribution >= 0.6 is 11.3 Å². The lowest BCUT2D eigenvalue weighted by Gasteiger charge is -2.37. The highest BCUT2D eigenvalue weighted by atomic mass is 32.1. The normalized spacial score (nSPS) is 16.3. The van der Waals surface area contributed by atoms with Crippen molar-refractivity contribution in [2.24, 2.45) is 0 Å². The highest BCUT2D eigenvalue weighted by Gasteiger charge is 2.35. The van der Waals surface area contributed by atoms with Crippen molar-refractivity contribution >= 4 is 28.6 Å². The lowest BCUT2D eigenvalue weighted by molar-refractivity contribution is 0.0974. The summed E-state index contributed by atoms with van der Waals surface area (Å²) in [5, 5.41) is 3.52. The molecule has 25 heavy (non-hydrogen) atoms. The zero-order chi connectivity index (χ0) is 17.4. The number of carbonyl (C=O) groups is 1. The number of rotatable bonds is 3. The van der Waals surface area contributed by atoms with E-state index in [0.29, 0.717) is 11.3 Å². The molecule has 126 valence electrons. The van der Waals surface area contributed by atoms with Gasteiger partial charge in [-0.15, -0.1) is 11.3 Å². The minimum Gasteiger partial charge on any atom is -0.495 e. The van der Waals surface area contributed by atoms with Crippen LogP contribution in [0.2, 0.25) is 0 Å². The molecular weight excluding hydrogens is 332 g/mol. The Morgan fingerprint density at radius 2 is 1.80 bits per heavy atom. The zero-order valence-corrected chi connectivity index (χ0v) is 14.8. The van der Waals surface area contributed by atoms with E-state index in [2.05, 4.69) is 24.4 Å². The van der Waals surface area contributed by atoms with Gasteiger partial charge in [-0.2, -0.15) is 0 Å². The van der Waals surface area contributed by atoms with Gasteiger partial charge in [0, 0.05) is 15.4 Å². The van der Waals surface area contributed by atoms with Crippen molar-refractivity contribution in [2.45, 2.75) is 13.1 Å². The molecule has 4 nitrogen and oxygen atoms in total. The van der Waals surface area contributed by atoms with Crippen molar-refractivity contribution in [2.75, 3.05) is 17.3 Å². The molecule has 5 heteroatoms. The highest BCUT2D eigenvalue weighted by molar-refractivity contribution is 7.12. The van der Waals surface area contributed by atoms with Crippen LogP contribution in [0.15, 0.2) is 60.7 Å². The molecule has 0 fully saturated rings. The number of methoxy groups -OCH3 is 1. The van der Waals surface area contributed by atoms with Gasteiger partial charge in [0.25, 0.3) is 5.91 Å². The molecule has 4 rings (SSSR count). The number of carbonyl (C=O) groups excluding carboxylic acids is 1. The van der Waals surface area contributed by atoms with Gasteiger partial charge in [-0.1, -0.05) is 24.3 Å². The van der Waals surface area contributed by atoms with Crippen LogP contribution in [0.3, 0.4) is 0 Å². The zero-order valence-electron chi connectivity index (χ0n) is 14.0. The van der Waals surface area contributed by atoms with Gasteiger partial charge in [0.05, 0.1) is 18.4 Å². The quantitative estimate of drug-likeness (QED) is 0.735. The van der Waals surface area contributed by atoms with Crippen molar-refractivity contribution in [1.82, 2.24) is 0 Å². The van der Waals surface area contributed by atoms with Gasteiger partial charge in [-0.05, 0) is 43.3 Å². The van der Waals surface area contributed by atoms with Gasteiger partial charge in [-0.3, -0.25) is 9.69 Å². The van der Waals surface area contributed by atoms with Crippen LogP contribution in [0.5, 0.6) is 5.75 Å². The molecule has 2 aromatic carbocycles. The molecule has 0 bridgehead atoms. The van der Waals surface area contributed by atoms with Crippen LogP contribution in [-0.2, 0) is 0 Å². The van der Waals surface area contributed by atoms with E-state index in [1.54, 1.807) is 23.3 Å². The lowest BCUT2D eigenvalue weighted by atomic mass is 10.1. The topological polar surface area (TPSA) is 41.6 Å². The number of hydrogen-bond acceptors (Lipinski definition) is 4. The minimum atomic E-state index is -0.266. The predicted octanol–water partition coefficient (Wildman–Crippen LogP) is 4.84. The number of nitrogens with one attached hydrogen (secondary N) is 1. The largest absolute Gasteiger partial charge is 0.495 e. The fraction of sp³-hybridized carbons (Fsp3) is 0.150. The van der Waals surface area contributed by atoms with Crippen molar-refractivity contribution in [3.63, 3.8) is 0 Å². The molecule has 3 aromatic rings. The Hall–Kier alpha value is -2.79. The summed E-state index contributed by atoms with van der Waals surface area (Å²) in [6.07, 6.45) is -0.266. The number of nitrogens with zero attached hydrogens (tertiary/aromatic N) is 1. The summed E-state index contributed by atoms with van der Waals surface area (Å²) in [7, 11) is 1.62. The smallest absolute Gasteiger partial charge is 0.262 e. The van der Waals surface area contributed by atoms with E-state index in [0.717, 1.165) is 16.3 Å². The number of aryl methyl sites for hydroxylation is 1. The fourth-order valence-electron chi connectivity index (χ4n) is 3.13. The standard InChI is InChI=1S/C20H18N2O2S/c1-13-11-12-18(25-13)19-21-15-8-4-3-7-14(15)20(23)22(19)16-9-5-6-10-17(16)24-2/h3-12,19,21H,1-2H3/t19-/m1/s1. The molecule has 0 spiro atoms. The first-order chi connectivity index (χ1) is 12.2. The third-order valence-corrected chi connectivity index (χ3v) is 5.36. The Labute approximate surface area is 150 Å². The maximum atomic E-state index is 13.3. The molecule has 0 saturated heterocycles. The van der Waals surface area contributed by atoms with Crippen LogP contribution in [0, 0.1) is 6.92 Å². The Morgan fingerprint density at radius 3 is 2.56 bits per heavy atom. The van der Waals surface area contributed by atoms with E-state index in [9.17, 15) is 4.79 Å². The lowest BCUT2D eigenvalue weighted by Crippen LogP contribution is -2.43. The first-order valence-electron chi connectivity index (χ1n) is 8.07. The summed E-state index contributed by atoms with van der Waals surface area (Å²) >= 11 is 1.69. The molecule has 1 aliphatic heterocycles. The van der Waals surface area contributed by atoms with E-state index in [4.69, 9.17) is 4.74 Å². The molecule has 1 N–H and O–H groups in total. The third kappa shape index (κ3) is 2.66. The number of thiophene rings is 1. The molecule has 2 heterocycles. The SMILES string of the molecule is COc1ccccc1N1C(=O)c2ccccc2N[C@H]1c1ccc(C)s1. The number of fused-ring (bicyclic) bond motifs is 1. The van der Waals surface area contributed by atoms with E-state index in [1.165, 1.54) is 4.88 Å². The molecule has 0 aliphatic carbocycles. The van der Waals surface area contributed by atoms with E-state index >= 15 is 0 Å². The second-order valence-electron chi connectivity index (χ2n) is 5.89. The molecule has 0 saturated carbocycles. The van der Waals surface area contributed by atoms with Crippen molar-refractivity contribution in [3.05, 3.63) is 76.0 Å². The average molecular weight is 350 g/mol. The van der Waals surface area contributed by atoms with Gasteiger partial charge in [0.2, 0.25) is 0 Å². The van der Waals surface area contributed by atoms with Crippen LogP contribution in [0.1, 0.15) is 26.3 Å². The maximum absolute atomic E-state index is 13.3. The second kappa shape index (κ2) is 6.26. The molecule has 1 amide bonds. The number of anilines is 2. The summed E-state index contributed by atoms with van der Waals surface area (Å²) in [6.45, 7) is 2.07. The Morgan fingerprint density at radius 1 is 1.04 bits per heavy atom. The molecule has 1 aromatic heterocycles. The van der Waals surface area contributed by atoms with Crippen molar-refractivity contribution in [3.8, 4) is 5.75 Å².